The van der Waals surface area contributed by atoms with Crippen LogP contribution in [0.5, 0.6) is 0 Å². The van der Waals surface area contributed by atoms with Crippen LogP contribution >= 0.6 is 0 Å². The smallest absolute Gasteiger partial charge is 0.269 e. The molecule has 1 aliphatic heterocycles. The first-order chi connectivity index (χ1) is 10.8. The Morgan fingerprint density at radius 2 is 1.41 bits per heavy atom. The van der Waals surface area contributed by atoms with Crippen molar-refractivity contribution in [3.05, 3.63) is 39.9 Å². The molecule has 0 amide bonds. The van der Waals surface area contributed by atoms with Gasteiger partial charge in [0.25, 0.3) is 5.69 Å². The molecular weight excluding hydrogens is 288 g/mol. The van der Waals surface area contributed by atoms with Crippen LogP contribution in [0, 0.1) is 10.1 Å². The molecule has 7 heteroatoms. The molecule has 7 nitrogen and oxygen atoms in total. The number of hydrogen-bond acceptors (Lipinski definition) is 5. The molecule has 0 saturated carbocycles. The third kappa shape index (κ3) is 6.07. The summed E-state index contributed by atoms with van der Waals surface area (Å²) in [5.41, 5.74) is 1.20. The molecule has 1 fully saturated rings. The van der Waals surface area contributed by atoms with Gasteiger partial charge < -0.3 is 19.1 Å². The fourth-order valence-corrected chi connectivity index (χ4v) is 2.30. The maximum Gasteiger partial charge on any atom is 0.269 e. The average Bonchev–Trinajstić information content (AvgIpc) is 2.50. The molecule has 0 atom stereocenters. The number of quaternary nitrogens is 1. The van der Waals surface area contributed by atoms with Crippen LogP contribution in [0.3, 0.4) is 0 Å². The number of nitrogens with one attached hydrogen (secondary N) is 1. The summed E-state index contributed by atoms with van der Waals surface area (Å²) in [6.07, 6.45) is 0. The van der Waals surface area contributed by atoms with Gasteiger partial charge in [-0.15, -0.1) is 0 Å². The summed E-state index contributed by atoms with van der Waals surface area (Å²) in [4.78, 5) is 11.6. The lowest BCUT2D eigenvalue weighted by Gasteiger charge is -2.20. The van der Waals surface area contributed by atoms with Gasteiger partial charge in [-0.2, -0.15) is 0 Å². The summed E-state index contributed by atoms with van der Waals surface area (Å²) in [6.45, 7) is 6.30. The lowest BCUT2D eigenvalue weighted by atomic mass is 10.2. The number of nitro benzene ring substituents is 1. The monoisotopic (exact) mass is 311 g/mol. The molecule has 1 aliphatic rings. The van der Waals surface area contributed by atoms with E-state index in [4.69, 9.17) is 14.2 Å². The van der Waals surface area contributed by atoms with Crippen molar-refractivity contribution < 1.29 is 24.0 Å². The zero-order valence-electron chi connectivity index (χ0n) is 12.7. The minimum atomic E-state index is -0.378. The zero-order chi connectivity index (χ0) is 15.6. The molecule has 2 rings (SSSR count). The number of benzene rings is 1. The van der Waals surface area contributed by atoms with E-state index in [1.54, 1.807) is 12.1 Å². The molecule has 1 N–H and O–H groups in total. The summed E-state index contributed by atoms with van der Waals surface area (Å²) >= 11 is 0. The SMILES string of the molecule is O=[N+]([O-])c1ccc(C[NH+]2CCOCCOCCOCC2)cc1. The van der Waals surface area contributed by atoms with Gasteiger partial charge in [-0.3, -0.25) is 10.1 Å². The lowest BCUT2D eigenvalue weighted by molar-refractivity contribution is -0.914. The Morgan fingerprint density at radius 3 is 1.91 bits per heavy atom. The van der Waals surface area contributed by atoms with Gasteiger partial charge in [0.1, 0.15) is 19.6 Å². The van der Waals surface area contributed by atoms with Crippen molar-refractivity contribution in [2.75, 3.05) is 52.7 Å². The Bertz CT molecular complexity index is 440. The molecule has 1 heterocycles. The molecule has 22 heavy (non-hydrogen) atoms. The number of ether oxygens (including phenoxy) is 3. The molecule has 0 aliphatic carbocycles. The number of hydrogen-bond donors (Lipinski definition) is 1. The van der Waals surface area contributed by atoms with E-state index in [0.717, 1.165) is 25.2 Å². The van der Waals surface area contributed by atoms with Crippen LogP contribution in [0.1, 0.15) is 5.56 Å². The molecule has 0 bridgehead atoms. The first kappa shape index (κ1) is 16.8. The Kier molecular flexibility index (Phi) is 7.24. The van der Waals surface area contributed by atoms with Crippen molar-refractivity contribution in [1.29, 1.82) is 0 Å². The average molecular weight is 311 g/mol. The van der Waals surface area contributed by atoms with Crippen LogP contribution in [0.2, 0.25) is 0 Å². The number of rotatable bonds is 3. The first-order valence-electron chi connectivity index (χ1n) is 7.56. The van der Waals surface area contributed by atoms with Crippen molar-refractivity contribution in [3.63, 3.8) is 0 Å². The topological polar surface area (TPSA) is 75.3 Å². The van der Waals surface area contributed by atoms with Crippen molar-refractivity contribution in [2.24, 2.45) is 0 Å². The zero-order valence-corrected chi connectivity index (χ0v) is 12.7. The van der Waals surface area contributed by atoms with Crippen LogP contribution in [0.25, 0.3) is 0 Å². The lowest BCUT2D eigenvalue weighted by Crippen LogP contribution is -3.11. The van der Waals surface area contributed by atoms with Gasteiger partial charge in [-0.05, 0) is 12.1 Å². The highest BCUT2D eigenvalue weighted by Gasteiger charge is 2.12. The van der Waals surface area contributed by atoms with E-state index in [1.165, 1.54) is 4.90 Å². The summed E-state index contributed by atoms with van der Waals surface area (Å²) in [5.74, 6) is 0. The summed E-state index contributed by atoms with van der Waals surface area (Å²) in [5, 5.41) is 10.7. The minimum Gasteiger partial charge on any atom is -0.377 e. The van der Waals surface area contributed by atoms with Crippen LogP contribution in [-0.2, 0) is 20.8 Å². The number of non-ortho nitro benzene ring substituents is 1. The summed E-state index contributed by atoms with van der Waals surface area (Å²) in [6, 6.07) is 6.73. The molecule has 0 spiro atoms. The highest BCUT2D eigenvalue weighted by Crippen LogP contribution is 2.11. The molecule has 0 unspecified atom stereocenters. The van der Waals surface area contributed by atoms with Crippen LogP contribution in [-0.4, -0.2) is 57.7 Å². The fourth-order valence-electron chi connectivity index (χ4n) is 2.30. The van der Waals surface area contributed by atoms with Crippen molar-refractivity contribution in [2.45, 2.75) is 6.54 Å². The highest BCUT2D eigenvalue weighted by atomic mass is 16.6. The van der Waals surface area contributed by atoms with E-state index in [-0.39, 0.29) is 10.6 Å². The second-order valence-corrected chi connectivity index (χ2v) is 5.19. The normalized spacial score (nSPS) is 19.1. The number of nitro groups is 1. The molecule has 1 saturated heterocycles. The van der Waals surface area contributed by atoms with Crippen molar-refractivity contribution in [1.82, 2.24) is 0 Å². The molecule has 0 radical (unpaired) electrons. The molecule has 1 aromatic rings. The first-order valence-corrected chi connectivity index (χ1v) is 7.56. The molecule has 122 valence electrons. The standard InChI is InChI=1S/C15H22N2O5/c18-17(19)15-3-1-14(2-4-15)13-16-5-7-20-9-11-22-12-10-21-8-6-16/h1-4H,5-13H2/p+1. The van der Waals surface area contributed by atoms with Gasteiger partial charge in [-0.1, -0.05) is 0 Å². The van der Waals surface area contributed by atoms with Crippen molar-refractivity contribution in [3.8, 4) is 0 Å². The minimum absolute atomic E-state index is 0.124. The third-order valence-corrected chi connectivity index (χ3v) is 3.55. The van der Waals surface area contributed by atoms with Crippen LogP contribution in [0.15, 0.2) is 24.3 Å². The van der Waals surface area contributed by atoms with Gasteiger partial charge in [0.15, 0.2) is 0 Å². The number of nitrogens with zero attached hydrogens (tertiary/aromatic N) is 1. The Labute approximate surface area is 129 Å². The van der Waals surface area contributed by atoms with E-state index >= 15 is 0 Å². The molecule has 1 aromatic carbocycles. The Morgan fingerprint density at radius 1 is 0.909 bits per heavy atom. The van der Waals surface area contributed by atoms with Gasteiger partial charge in [0.05, 0.1) is 44.6 Å². The van der Waals surface area contributed by atoms with E-state index in [1.807, 2.05) is 12.1 Å². The Balaban J connectivity index is 1.87. The molecular formula is C15H23N2O5+. The van der Waals surface area contributed by atoms with Crippen molar-refractivity contribution >= 4 is 5.69 Å². The van der Waals surface area contributed by atoms with Gasteiger partial charge in [0, 0.05) is 17.7 Å². The third-order valence-electron chi connectivity index (χ3n) is 3.55. The maximum atomic E-state index is 10.7. The second kappa shape index (κ2) is 9.47. The van der Waals surface area contributed by atoms with Gasteiger partial charge >= 0.3 is 0 Å². The highest BCUT2D eigenvalue weighted by molar-refractivity contribution is 5.32. The largest absolute Gasteiger partial charge is 0.377 e. The summed E-state index contributed by atoms with van der Waals surface area (Å²) < 4.78 is 16.4. The van der Waals surface area contributed by atoms with E-state index in [9.17, 15) is 10.1 Å². The Hall–Kier alpha value is -1.54. The van der Waals surface area contributed by atoms with Crippen LogP contribution < -0.4 is 4.90 Å². The van der Waals surface area contributed by atoms with E-state index in [2.05, 4.69) is 0 Å². The van der Waals surface area contributed by atoms with Crippen LogP contribution in [0.4, 0.5) is 5.69 Å². The van der Waals surface area contributed by atoms with E-state index < -0.39 is 0 Å². The maximum absolute atomic E-state index is 10.7. The fraction of sp³-hybridized carbons (Fsp3) is 0.600. The predicted octanol–water partition coefficient (Wildman–Crippen LogP) is 0.0431. The summed E-state index contributed by atoms with van der Waals surface area (Å²) in [7, 11) is 0. The van der Waals surface area contributed by atoms with Gasteiger partial charge in [0.2, 0.25) is 0 Å². The second-order valence-electron chi connectivity index (χ2n) is 5.19. The van der Waals surface area contributed by atoms with Gasteiger partial charge in [-0.25, -0.2) is 0 Å². The molecule has 0 aromatic heterocycles. The van der Waals surface area contributed by atoms with E-state index in [0.29, 0.717) is 39.6 Å². The predicted molar refractivity (Wildman–Crippen MR) is 80.0 cm³/mol. The quantitative estimate of drug-likeness (QED) is 0.630.